The molecule has 3 rings (SSSR count). The highest BCUT2D eigenvalue weighted by Crippen LogP contribution is 2.38. The van der Waals surface area contributed by atoms with Gasteiger partial charge in [-0.25, -0.2) is 4.79 Å². The summed E-state index contributed by atoms with van der Waals surface area (Å²) in [6.07, 6.45) is 2.92. The second-order valence-electron chi connectivity index (χ2n) is 6.23. The molecule has 0 aliphatic heterocycles. The lowest BCUT2D eigenvalue weighted by Gasteiger charge is -2.13. The molecule has 0 aromatic heterocycles. The Balaban J connectivity index is 1.90. The number of aromatic carboxylic acids is 1. The number of carbonyl (C=O) groups is 2. The van der Waals surface area contributed by atoms with E-state index < -0.39 is 11.9 Å². The van der Waals surface area contributed by atoms with Crippen LogP contribution in [0.4, 0.5) is 5.69 Å². The van der Waals surface area contributed by atoms with E-state index in [4.69, 9.17) is 33.0 Å². The van der Waals surface area contributed by atoms with Crippen LogP contribution in [0.1, 0.15) is 15.9 Å². The third kappa shape index (κ3) is 4.82. The molecule has 3 aromatic carbocycles. The largest absolute Gasteiger partial charge is 0.496 e. The first-order chi connectivity index (χ1) is 14.4. The quantitative estimate of drug-likeness (QED) is 0.458. The van der Waals surface area contributed by atoms with Crippen molar-refractivity contribution in [2.75, 3.05) is 12.4 Å². The van der Waals surface area contributed by atoms with E-state index in [0.29, 0.717) is 27.0 Å². The van der Waals surface area contributed by atoms with Crippen LogP contribution >= 0.6 is 23.2 Å². The summed E-state index contributed by atoms with van der Waals surface area (Å²) in [5.74, 6) is -0.777. The lowest BCUT2D eigenvalue weighted by atomic mass is 9.98. The number of carboxylic acid groups (broad SMARTS) is 1. The van der Waals surface area contributed by atoms with Crippen molar-refractivity contribution in [3.05, 3.63) is 87.9 Å². The molecule has 0 radical (unpaired) electrons. The van der Waals surface area contributed by atoms with Gasteiger partial charge >= 0.3 is 5.97 Å². The summed E-state index contributed by atoms with van der Waals surface area (Å²) in [5.41, 5.74) is 2.75. The number of para-hydroxylation sites is 1. The summed E-state index contributed by atoms with van der Waals surface area (Å²) in [6.45, 7) is 0. The lowest BCUT2D eigenvalue weighted by molar-refractivity contribution is -0.111. The fourth-order valence-corrected chi connectivity index (χ4v) is 3.26. The summed E-state index contributed by atoms with van der Waals surface area (Å²) in [7, 11) is 1.58. The summed E-state index contributed by atoms with van der Waals surface area (Å²) in [5, 5.41) is 12.3. The van der Waals surface area contributed by atoms with Crippen LogP contribution in [0, 0.1) is 0 Å². The summed E-state index contributed by atoms with van der Waals surface area (Å²) in [6, 6.07) is 16.8. The predicted octanol–water partition coefficient (Wildman–Crippen LogP) is 6.02. The Bertz CT molecular complexity index is 1120. The Morgan fingerprint density at radius 2 is 1.67 bits per heavy atom. The van der Waals surface area contributed by atoms with Gasteiger partial charge in [0.05, 0.1) is 22.7 Å². The molecule has 30 heavy (non-hydrogen) atoms. The molecule has 7 heteroatoms. The third-order valence-corrected chi connectivity index (χ3v) is 5.15. The maximum absolute atomic E-state index is 12.4. The van der Waals surface area contributed by atoms with Gasteiger partial charge in [-0.15, -0.1) is 0 Å². The van der Waals surface area contributed by atoms with Crippen molar-refractivity contribution in [1.29, 1.82) is 0 Å². The van der Waals surface area contributed by atoms with Crippen LogP contribution in [0.5, 0.6) is 5.75 Å². The maximum Gasteiger partial charge on any atom is 0.335 e. The number of ether oxygens (including phenoxy) is 1. The topological polar surface area (TPSA) is 75.6 Å². The molecule has 0 heterocycles. The summed E-state index contributed by atoms with van der Waals surface area (Å²) >= 11 is 12.6. The van der Waals surface area contributed by atoms with Gasteiger partial charge in [0.15, 0.2) is 0 Å². The normalized spacial score (nSPS) is 10.8. The monoisotopic (exact) mass is 441 g/mol. The van der Waals surface area contributed by atoms with E-state index in [1.54, 1.807) is 19.3 Å². The van der Waals surface area contributed by atoms with Crippen LogP contribution < -0.4 is 10.1 Å². The molecule has 0 saturated carbocycles. The Hall–Kier alpha value is -3.28. The highest BCUT2D eigenvalue weighted by molar-refractivity contribution is 6.43. The van der Waals surface area contributed by atoms with Crippen molar-refractivity contribution in [3.63, 3.8) is 0 Å². The molecular formula is C23H17Cl2NO4. The number of amides is 1. The molecule has 0 aliphatic rings. The number of rotatable bonds is 6. The zero-order valence-corrected chi connectivity index (χ0v) is 17.4. The Kier molecular flexibility index (Phi) is 6.77. The minimum Gasteiger partial charge on any atom is -0.496 e. The number of anilines is 1. The van der Waals surface area contributed by atoms with E-state index >= 15 is 0 Å². The first kappa shape index (κ1) is 21.4. The van der Waals surface area contributed by atoms with E-state index in [0.717, 1.165) is 11.1 Å². The van der Waals surface area contributed by atoms with Crippen LogP contribution in [0.15, 0.2) is 66.7 Å². The van der Waals surface area contributed by atoms with Gasteiger partial charge in [-0.2, -0.15) is 0 Å². The van der Waals surface area contributed by atoms with Crippen molar-refractivity contribution in [1.82, 2.24) is 0 Å². The molecule has 0 aliphatic carbocycles. The zero-order valence-electron chi connectivity index (χ0n) is 15.9. The summed E-state index contributed by atoms with van der Waals surface area (Å²) < 4.78 is 5.43. The molecule has 0 bridgehead atoms. The third-order valence-electron chi connectivity index (χ3n) is 4.33. The smallest absolute Gasteiger partial charge is 0.335 e. The molecule has 5 nitrogen and oxygen atoms in total. The maximum atomic E-state index is 12.4. The minimum absolute atomic E-state index is 0.135. The SMILES string of the molecule is COc1ccccc1-c1ccc(Cl)c(Cl)c1/C=C/C(=O)Nc1ccc(C(=O)O)cc1. The predicted molar refractivity (Wildman–Crippen MR) is 120 cm³/mol. The van der Waals surface area contributed by atoms with E-state index in [2.05, 4.69) is 5.32 Å². The molecule has 0 saturated heterocycles. The fraction of sp³-hybridized carbons (Fsp3) is 0.0435. The molecule has 3 aromatic rings. The number of carbonyl (C=O) groups excluding carboxylic acids is 1. The van der Waals surface area contributed by atoms with E-state index in [1.165, 1.54) is 30.3 Å². The fourth-order valence-electron chi connectivity index (χ4n) is 2.87. The number of carboxylic acids is 1. The standard InChI is InChI=1S/C23H17Cl2NO4/c1-30-20-5-3-2-4-17(20)16-10-12-19(24)22(25)18(16)11-13-21(27)26-15-8-6-14(7-9-15)23(28)29/h2-13H,1H3,(H,26,27)(H,28,29)/b13-11+. The molecule has 1 amide bonds. The van der Waals surface area contributed by atoms with E-state index in [1.807, 2.05) is 30.3 Å². The van der Waals surface area contributed by atoms with Crippen molar-refractivity contribution in [2.24, 2.45) is 0 Å². The van der Waals surface area contributed by atoms with Gasteiger partial charge < -0.3 is 15.2 Å². The van der Waals surface area contributed by atoms with Crippen molar-refractivity contribution < 1.29 is 19.4 Å². The first-order valence-corrected chi connectivity index (χ1v) is 9.60. The van der Waals surface area contributed by atoms with Crippen molar-refractivity contribution in [2.45, 2.75) is 0 Å². The molecule has 0 spiro atoms. The molecular weight excluding hydrogens is 425 g/mol. The van der Waals surface area contributed by atoms with Crippen molar-refractivity contribution in [3.8, 4) is 16.9 Å². The Morgan fingerprint density at radius 3 is 2.33 bits per heavy atom. The first-order valence-electron chi connectivity index (χ1n) is 8.84. The van der Waals surface area contributed by atoms with Crippen LogP contribution in [-0.4, -0.2) is 24.1 Å². The highest BCUT2D eigenvalue weighted by atomic mass is 35.5. The van der Waals surface area contributed by atoms with Crippen LogP contribution in [0.3, 0.4) is 0 Å². The Morgan fingerprint density at radius 1 is 0.967 bits per heavy atom. The van der Waals surface area contributed by atoms with Gasteiger partial charge in [-0.1, -0.05) is 47.5 Å². The molecule has 152 valence electrons. The van der Waals surface area contributed by atoms with Gasteiger partial charge in [0.25, 0.3) is 0 Å². The number of hydrogen-bond donors (Lipinski definition) is 2. The van der Waals surface area contributed by atoms with Crippen molar-refractivity contribution >= 4 is 46.8 Å². The molecule has 0 unspecified atom stereocenters. The van der Waals surface area contributed by atoms with E-state index in [9.17, 15) is 9.59 Å². The molecule has 0 fully saturated rings. The number of nitrogens with one attached hydrogen (secondary N) is 1. The average Bonchev–Trinajstić information content (AvgIpc) is 2.75. The van der Waals surface area contributed by atoms with Gasteiger partial charge in [0.2, 0.25) is 5.91 Å². The van der Waals surface area contributed by atoms with Gasteiger partial charge in [0, 0.05) is 22.9 Å². The lowest BCUT2D eigenvalue weighted by Crippen LogP contribution is -2.08. The molecule has 0 atom stereocenters. The van der Waals surface area contributed by atoms with Gasteiger partial charge in [-0.3, -0.25) is 4.79 Å². The number of hydrogen-bond acceptors (Lipinski definition) is 3. The second-order valence-corrected chi connectivity index (χ2v) is 7.01. The van der Waals surface area contributed by atoms with Gasteiger partial charge in [0.1, 0.15) is 5.75 Å². The highest BCUT2D eigenvalue weighted by Gasteiger charge is 2.14. The zero-order chi connectivity index (χ0) is 21.7. The molecule has 2 N–H and O–H groups in total. The van der Waals surface area contributed by atoms with Crippen LogP contribution in [0.2, 0.25) is 10.0 Å². The average molecular weight is 442 g/mol. The summed E-state index contributed by atoms with van der Waals surface area (Å²) in [4.78, 5) is 23.3. The number of methoxy groups -OCH3 is 1. The Labute approximate surface area is 183 Å². The second kappa shape index (κ2) is 9.48. The van der Waals surface area contributed by atoms with Gasteiger partial charge in [-0.05, 0) is 48.0 Å². The van der Waals surface area contributed by atoms with E-state index in [-0.39, 0.29) is 5.56 Å². The minimum atomic E-state index is -1.03. The number of benzene rings is 3. The number of halogens is 2. The van der Waals surface area contributed by atoms with Crippen LogP contribution in [0.25, 0.3) is 17.2 Å². The van der Waals surface area contributed by atoms with Crippen LogP contribution in [-0.2, 0) is 4.79 Å².